The maximum Gasteiger partial charge on any atom is 0.191 e. The zero-order valence-corrected chi connectivity index (χ0v) is 15.6. The van der Waals surface area contributed by atoms with Crippen LogP contribution in [0, 0.1) is 19.8 Å². The number of hydrogen-bond acceptors (Lipinski definition) is 4. The van der Waals surface area contributed by atoms with Crippen molar-refractivity contribution in [2.75, 3.05) is 39.8 Å². The highest BCUT2D eigenvalue weighted by Crippen LogP contribution is 2.27. The molecule has 2 atom stereocenters. The van der Waals surface area contributed by atoms with Gasteiger partial charge in [0.15, 0.2) is 5.96 Å². The number of hydrogen-bond donors (Lipinski definition) is 3. The van der Waals surface area contributed by atoms with E-state index in [1.165, 1.54) is 6.42 Å². The second kappa shape index (κ2) is 8.03. The van der Waals surface area contributed by atoms with Crippen LogP contribution in [-0.4, -0.2) is 55.7 Å². The van der Waals surface area contributed by atoms with Crippen molar-refractivity contribution in [2.45, 2.75) is 39.7 Å². The van der Waals surface area contributed by atoms with Gasteiger partial charge in [0.2, 0.25) is 0 Å². The van der Waals surface area contributed by atoms with Crippen LogP contribution in [0.4, 0.5) is 0 Å². The molecule has 3 N–H and O–H groups in total. The van der Waals surface area contributed by atoms with Crippen molar-refractivity contribution in [1.29, 1.82) is 0 Å². The normalized spacial score (nSPS) is 21.8. The van der Waals surface area contributed by atoms with E-state index in [4.69, 9.17) is 4.42 Å². The Bertz CT molecular complexity index is 565. The maximum absolute atomic E-state index is 10.8. The van der Waals surface area contributed by atoms with Crippen molar-refractivity contribution >= 4 is 5.96 Å². The lowest BCUT2D eigenvalue weighted by atomic mass is 9.96. The van der Waals surface area contributed by atoms with Crippen LogP contribution in [-0.2, 0) is 5.60 Å². The minimum Gasteiger partial charge on any atom is -0.466 e. The van der Waals surface area contributed by atoms with Crippen LogP contribution in [0.15, 0.2) is 15.5 Å². The summed E-state index contributed by atoms with van der Waals surface area (Å²) in [6.45, 7) is 11.9. The third-order valence-electron chi connectivity index (χ3n) is 4.56. The average Bonchev–Trinajstić information content (AvgIpc) is 3.07. The Hall–Kier alpha value is -1.53. The van der Waals surface area contributed by atoms with E-state index in [1.54, 1.807) is 6.92 Å². The molecule has 1 aromatic rings. The molecule has 0 spiro atoms. The Morgan fingerprint density at radius 2 is 2.21 bits per heavy atom. The summed E-state index contributed by atoms with van der Waals surface area (Å²) in [6.07, 6.45) is 1.22. The van der Waals surface area contributed by atoms with Gasteiger partial charge in [-0.15, -0.1) is 0 Å². The first-order valence-corrected chi connectivity index (χ1v) is 8.82. The van der Waals surface area contributed by atoms with Crippen LogP contribution in [0.2, 0.25) is 0 Å². The molecule has 2 heterocycles. The summed E-state index contributed by atoms with van der Waals surface area (Å²) < 4.78 is 5.54. The molecule has 0 saturated carbocycles. The molecule has 0 radical (unpaired) electrons. The van der Waals surface area contributed by atoms with Crippen molar-refractivity contribution in [1.82, 2.24) is 15.5 Å². The van der Waals surface area contributed by atoms with E-state index in [1.807, 2.05) is 26.8 Å². The summed E-state index contributed by atoms with van der Waals surface area (Å²) in [5.74, 6) is 2.96. The molecule has 1 aliphatic heterocycles. The molecule has 1 saturated heterocycles. The lowest BCUT2D eigenvalue weighted by Gasteiger charge is -2.22. The van der Waals surface area contributed by atoms with E-state index in [-0.39, 0.29) is 6.54 Å². The molecule has 6 nitrogen and oxygen atoms in total. The van der Waals surface area contributed by atoms with Crippen molar-refractivity contribution in [3.63, 3.8) is 0 Å². The predicted molar refractivity (Wildman–Crippen MR) is 97.3 cm³/mol. The Morgan fingerprint density at radius 3 is 2.75 bits per heavy atom. The molecule has 136 valence electrons. The first-order chi connectivity index (χ1) is 11.3. The lowest BCUT2D eigenvalue weighted by molar-refractivity contribution is 0.0657. The topological polar surface area (TPSA) is 73.0 Å². The SMILES string of the molecule is CCNC(=NCC(C)(O)c1cc(C)oc1C)NCC1CCN(C)C1. The summed E-state index contributed by atoms with van der Waals surface area (Å²) in [5, 5.41) is 17.4. The second-order valence-electron chi connectivity index (χ2n) is 7.09. The Balaban J connectivity index is 1.97. The molecular formula is C18H32N4O2. The first-order valence-electron chi connectivity index (χ1n) is 8.82. The number of aliphatic imine (C=N–C) groups is 1. The summed E-state index contributed by atoms with van der Waals surface area (Å²) in [5.41, 5.74) is -0.241. The van der Waals surface area contributed by atoms with Crippen LogP contribution in [0.25, 0.3) is 0 Å². The number of aliphatic hydroxyl groups is 1. The summed E-state index contributed by atoms with van der Waals surface area (Å²) in [6, 6.07) is 1.89. The summed E-state index contributed by atoms with van der Waals surface area (Å²) >= 11 is 0. The second-order valence-corrected chi connectivity index (χ2v) is 7.09. The molecule has 1 aromatic heterocycles. The van der Waals surface area contributed by atoms with Crippen LogP contribution in [0.5, 0.6) is 0 Å². The summed E-state index contributed by atoms with van der Waals surface area (Å²) in [4.78, 5) is 6.93. The molecular weight excluding hydrogens is 304 g/mol. The minimum absolute atomic E-state index is 0.284. The smallest absolute Gasteiger partial charge is 0.191 e. The van der Waals surface area contributed by atoms with Gasteiger partial charge in [-0.25, -0.2) is 4.99 Å². The number of rotatable bonds is 6. The quantitative estimate of drug-likeness (QED) is 0.544. The molecule has 0 aromatic carbocycles. The van der Waals surface area contributed by atoms with Crippen molar-refractivity contribution < 1.29 is 9.52 Å². The van der Waals surface area contributed by atoms with Gasteiger partial charge in [-0.3, -0.25) is 0 Å². The molecule has 1 aliphatic rings. The van der Waals surface area contributed by atoms with E-state index in [2.05, 4.69) is 27.6 Å². The van der Waals surface area contributed by atoms with Gasteiger partial charge in [-0.2, -0.15) is 0 Å². The van der Waals surface area contributed by atoms with Gasteiger partial charge in [-0.05, 0) is 59.7 Å². The highest BCUT2D eigenvalue weighted by Gasteiger charge is 2.27. The van der Waals surface area contributed by atoms with Crippen LogP contribution >= 0.6 is 0 Å². The zero-order valence-electron chi connectivity index (χ0n) is 15.6. The van der Waals surface area contributed by atoms with Gasteiger partial charge in [0.05, 0.1) is 6.54 Å². The molecule has 0 bridgehead atoms. The predicted octanol–water partition coefficient (Wildman–Crippen LogP) is 1.61. The van der Waals surface area contributed by atoms with Crippen molar-refractivity contribution in [3.8, 4) is 0 Å². The average molecular weight is 336 g/mol. The fraction of sp³-hybridized carbons (Fsp3) is 0.722. The van der Waals surface area contributed by atoms with E-state index in [9.17, 15) is 5.11 Å². The molecule has 0 amide bonds. The number of nitrogens with zero attached hydrogens (tertiary/aromatic N) is 2. The number of guanidine groups is 1. The van der Waals surface area contributed by atoms with Crippen molar-refractivity contribution in [2.24, 2.45) is 10.9 Å². The third-order valence-corrected chi connectivity index (χ3v) is 4.56. The monoisotopic (exact) mass is 336 g/mol. The maximum atomic E-state index is 10.8. The van der Waals surface area contributed by atoms with E-state index >= 15 is 0 Å². The van der Waals surface area contributed by atoms with Gasteiger partial charge in [0, 0.05) is 25.2 Å². The fourth-order valence-corrected chi connectivity index (χ4v) is 3.26. The minimum atomic E-state index is -1.04. The molecule has 2 unspecified atom stereocenters. The number of aryl methyl sites for hydroxylation is 2. The van der Waals surface area contributed by atoms with Crippen LogP contribution in [0.3, 0.4) is 0 Å². The Morgan fingerprint density at radius 1 is 1.46 bits per heavy atom. The van der Waals surface area contributed by atoms with Crippen LogP contribution in [0.1, 0.15) is 37.4 Å². The van der Waals surface area contributed by atoms with E-state index < -0.39 is 5.60 Å². The summed E-state index contributed by atoms with van der Waals surface area (Å²) in [7, 11) is 2.16. The molecule has 0 aliphatic carbocycles. The van der Waals surface area contributed by atoms with E-state index in [0.717, 1.165) is 49.2 Å². The Kier molecular flexibility index (Phi) is 6.29. The van der Waals surface area contributed by atoms with Crippen molar-refractivity contribution in [3.05, 3.63) is 23.2 Å². The van der Waals surface area contributed by atoms with Gasteiger partial charge in [0.1, 0.15) is 17.1 Å². The number of likely N-dealkylation sites (tertiary alicyclic amines) is 1. The lowest BCUT2D eigenvalue weighted by Crippen LogP contribution is -2.41. The third kappa shape index (κ3) is 4.98. The van der Waals surface area contributed by atoms with E-state index in [0.29, 0.717) is 5.92 Å². The number of furan rings is 1. The number of nitrogens with one attached hydrogen (secondary N) is 2. The molecule has 24 heavy (non-hydrogen) atoms. The van der Waals surface area contributed by atoms with Gasteiger partial charge in [-0.1, -0.05) is 0 Å². The largest absolute Gasteiger partial charge is 0.466 e. The standard InChI is InChI=1S/C18H32N4O2/c1-6-19-17(20-10-15-7-8-22(5)11-15)21-12-18(4,23)16-9-13(2)24-14(16)3/h9,15,23H,6-8,10-12H2,1-5H3,(H2,19,20,21). The first kappa shape index (κ1) is 18.8. The molecule has 1 fully saturated rings. The molecule has 2 rings (SSSR count). The van der Waals surface area contributed by atoms with Gasteiger partial charge in [0.25, 0.3) is 0 Å². The zero-order chi connectivity index (χ0) is 17.7. The van der Waals surface area contributed by atoms with Gasteiger partial charge >= 0.3 is 0 Å². The molecule has 6 heteroatoms. The van der Waals surface area contributed by atoms with Crippen LogP contribution < -0.4 is 10.6 Å². The fourth-order valence-electron chi connectivity index (χ4n) is 3.26. The highest BCUT2D eigenvalue weighted by atomic mass is 16.3. The van der Waals surface area contributed by atoms with Gasteiger partial charge < -0.3 is 25.1 Å². The highest BCUT2D eigenvalue weighted by molar-refractivity contribution is 5.79. The Labute approximate surface area is 145 Å².